The quantitative estimate of drug-likeness (QED) is 0.696. The second-order valence-electron chi connectivity index (χ2n) is 4.86. The molecule has 0 aliphatic heterocycles. The van der Waals surface area contributed by atoms with Crippen molar-refractivity contribution in [2.24, 2.45) is 0 Å². The molecule has 0 saturated heterocycles. The van der Waals surface area contributed by atoms with Crippen LogP contribution in [-0.2, 0) is 13.2 Å². The highest BCUT2D eigenvalue weighted by Gasteiger charge is 2.03. The van der Waals surface area contributed by atoms with Gasteiger partial charge in [0, 0.05) is 22.2 Å². The number of nitrogens with zero attached hydrogens (tertiary/aromatic N) is 2. The van der Waals surface area contributed by atoms with Crippen LogP contribution in [0.2, 0.25) is 10.0 Å². The number of benzene rings is 2. The summed E-state index contributed by atoms with van der Waals surface area (Å²) in [6.45, 7) is 1.05. The van der Waals surface area contributed by atoms with Crippen molar-refractivity contribution in [3.63, 3.8) is 0 Å². The zero-order valence-corrected chi connectivity index (χ0v) is 13.6. The Hall–Kier alpha value is -2.24. The van der Waals surface area contributed by atoms with Crippen molar-refractivity contribution < 1.29 is 4.74 Å². The van der Waals surface area contributed by atoms with E-state index in [1.54, 1.807) is 12.1 Å². The highest BCUT2D eigenvalue weighted by atomic mass is 35.5. The van der Waals surface area contributed by atoms with Crippen molar-refractivity contribution in [1.82, 2.24) is 15.2 Å². The smallest absolute Gasteiger partial charge is 0.218 e. The molecular formula is C16H14Cl2N4O. The second kappa shape index (κ2) is 7.35. The Morgan fingerprint density at radius 1 is 1.09 bits per heavy atom. The van der Waals surface area contributed by atoms with Crippen molar-refractivity contribution >= 4 is 29.2 Å². The van der Waals surface area contributed by atoms with E-state index in [-0.39, 0.29) is 0 Å². The summed E-state index contributed by atoms with van der Waals surface area (Å²) in [5.74, 6) is 1.42. The van der Waals surface area contributed by atoms with Gasteiger partial charge >= 0.3 is 0 Å². The summed E-state index contributed by atoms with van der Waals surface area (Å²) < 4.78 is 5.74. The highest BCUT2D eigenvalue weighted by Crippen LogP contribution is 2.23. The first-order chi connectivity index (χ1) is 11.2. The van der Waals surface area contributed by atoms with Crippen LogP contribution in [0, 0.1) is 0 Å². The summed E-state index contributed by atoms with van der Waals surface area (Å²) in [6, 6.07) is 13.2. The molecule has 0 atom stereocenters. The summed E-state index contributed by atoms with van der Waals surface area (Å²) >= 11 is 12.0. The van der Waals surface area contributed by atoms with Gasteiger partial charge in [-0.15, -0.1) is 0 Å². The van der Waals surface area contributed by atoms with Gasteiger partial charge < -0.3 is 10.1 Å². The molecule has 2 N–H and O–H groups in total. The molecule has 1 heterocycles. The molecule has 0 unspecified atom stereocenters. The summed E-state index contributed by atoms with van der Waals surface area (Å²) in [7, 11) is 0. The Morgan fingerprint density at radius 3 is 2.61 bits per heavy atom. The molecule has 3 aromatic rings. The van der Waals surface area contributed by atoms with Gasteiger partial charge in [-0.25, -0.2) is 10.1 Å². The van der Waals surface area contributed by atoms with Crippen LogP contribution < -0.4 is 10.1 Å². The summed E-state index contributed by atoms with van der Waals surface area (Å²) in [5, 5.41) is 10.9. The van der Waals surface area contributed by atoms with Gasteiger partial charge in [0.1, 0.15) is 18.7 Å². The SMILES string of the molecule is Clc1ccc(COc2ccc(CNc3ncn[nH]3)cc2)c(Cl)c1. The lowest BCUT2D eigenvalue weighted by Crippen LogP contribution is -2.01. The van der Waals surface area contributed by atoms with E-state index in [1.165, 1.54) is 6.33 Å². The van der Waals surface area contributed by atoms with Crippen molar-refractivity contribution in [2.75, 3.05) is 5.32 Å². The normalized spacial score (nSPS) is 10.5. The van der Waals surface area contributed by atoms with Crippen molar-refractivity contribution in [3.05, 3.63) is 70.0 Å². The Labute approximate surface area is 143 Å². The van der Waals surface area contributed by atoms with Gasteiger partial charge in [-0.3, -0.25) is 0 Å². The predicted octanol–water partition coefficient (Wildman–Crippen LogP) is 4.30. The van der Waals surface area contributed by atoms with Crippen LogP contribution in [0.1, 0.15) is 11.1 Å². The first-order valence-electron chi connectivity index (χ1n) is 6.95. The molecule has 0 amide bonds. The van der Waals surface area contributed by atoms with Gasteiger partial charge in [0.2, 0.25) is 5.95 Å². The number of hydrogen-bond donors (Lipinski definition) is 2. The Morgan fingerprint density at radius 2 is 1.91 bits per heavy atom. The maximum atomic E-state index is 6.12. The van der Waals surface area contributed by atoms with Gasteiger partial charge in [-0.05, 0) is 29.8 Å². The molecular weight excluding hydrogens is 335 g/mol. The zero-order chi connectivity index (χ0) is 16.1. The number of ether oxygens (including phenoxy) is 1. The van der Waals surface area contributed by atoms with E-state index in [0.717, 1.165) is 16.9 Å². The molecule has 23 heavy (non-hydrogen) atoms. The number of aromatic amines is 1. The monoisotopic (exact) mass is 348 g/mol. The van der Waals surface area contributed by atoms with Crippen LogP contribution >= 0.6 is 23.2 Å². The van der Waals surface area contributed by atoms with Gasteiger partial charge in [-0.2, -0.15) is 5.10 Å². The third-order valence-electron chi connectivity index (χ3n) is 3.21. The predicted molar refractivity (Wildman–Crippen MR) is 90.9 cm³/mol. The number of anilines is 1. The van der Waals surface area contributed by atoms with Gasteiger partial charge in [0.05, 0.1) is 0 Å². The molecule has 0 fully saturated rings. The Kier molecular flexibility index (Phi) is 5.00. The molecule has 3 rings (SSSR count). The largest absolute Gasteiger partial charge is 0.489 e. The van der Waals surface area contributed by atoms with Gasteiger partial charge in [-0.1, -0.05) is 41.4 Å². The molecule has 0 bridgehead atoms. The summed E-state index contributed by atoms with van der Waals surface area (Å²) in [5.41, 5.74) is 2.01. The third-order valence-corrected chi connectivity index (χ3v) is 3.79. The number of nitrogens with one attached hydrogen (secondary N) is 2. The number of rotatable bonds is 6. The summed E-state index contributed by atoms with van der Waals surface area (Å²) in [6.07, 6.45) is 1.46. The molecule has 0 saturated carbocycles. The fourth-order valence-electron chi connectivity index (χ4n) is 1.98. The van der Waals surface area contributed by atoms with E-state index in [0.29, 0.717) is 29.1 Å². The topological polar surface area (TPSA) is 62.8 Å². The minimum Gasteiger partial charge on any atom is -0.489 e. The standard InChI is InChI=1S/C16H14Cl2N4O/c17-13-4-3-12(15(18)7-13)9-23-14-5-1-11(2-6-14)8-19-16-20-10-21-22-16/h1-7,10H,8-9H2,(H2,19,20,21,22). The van der Waals surface area contributed by atoms with Gasteiger partial charge in [0.25, 0.3) is 0 Å². The van der Waals surface area contributed by atoms with E-state index >= 15 is 0 Å². The first kappa shape index (κ1) is 15.6. The lowest BCUT2D eigenvalue weighted by atomic mass is 10.2. The van der Waals surface area contributed by atoms with Crippen LogP contribution in [0.4, 0.5) is 5.95 Å². The van der Waals surface area contributed by atoms with Crippen LogP contribution in [-0.4, -0.2) is 15.2 Å². The fraction of sp³-hybridized carbons (Fsp3) is 0.125. The van der Waals surface area contributed by atoms with E-state index in [1.807, 2.05) is 30.3 Å². The van der Waals surface area contributed by atoms with E-state index in [2.05, 4.69) is 20.5 Å². The summed E-state index contributed by atoms with van der Waals surface area (Å²) in [4.78, 5) is 4.00. The average molecular weight is 349 g/mol. The molecule has 5 nitrogen and oxygen atoms in total. The minimum atomic E-state index is 0.395. The number of H-pyrrole nitrogens is 1. The van der Waals surface area contributed by atoms with Crippen LogP contribution in [0.15, 0.2) is 48.8 Å². The highest BCUT2D eigenvalue weighted by molar-refractivity contribution is 6.35. The minimum absolute atomic E-state index is 0.395. The Bertz CT molecular complexity index is 760. The third kappa shape index (κ3) is 4.37. The number of aromatic nitrogens is 3. The van der Waals surface area contributed by atoms with Crippen LogP contribution in [0.3, 0.4) is 0 Å². The van der Waals surface area contributed by atoms with Crippen molar-refractivity contribution in [1.29, 1.82) is 0 Å². The van der Waals surface area contributed by atoms with Crippen LogP contribution in [0.25, 0.3) is 0 Å². The lowest BCUT2D eigenvalue weighted by Gasteiger charge is -2.09. The number of halogens is 2. The van der Waals surface area contributed by atoms with Crippen LogP contribution in [0.5, 0.6) is 5.75 Å². The molecule has 0 spiro atoms. The molecule has 118 valence electrons. The Balaban J connectivity index is 1.54. The van der Waals surface area contributed by atoms with E-state index in [4.69, 9.17) is 27.9 Å². The number of hydrogen-bond acceptors (Lipinski definition) is 4. The molecule has 0 aliphatic carbocycles. The zero-order valence-electron chi connectivity index (χ0n) is 12.1. The molecule has 7 heteroatoms. The second-order valence-corrected chi connectivity index (χ2v) is 5.70. The van der Waals surface area contributed by atoms with Gasteiger partial charge in [0.15, 0.2) is 0 Å². The molecule has 0 radical (unpaired) electrons. The molecule has 0 aliphatic rings. The van der Waals surface area contributed by atoms with E-state index in [9.17, 15) is 0 Å². The van der Waals surface area contributed by atoms with Crippen molar-refractivity contribution in [2.45, 2.75) is 13.2 Å². The molecule has 2 aromatic carbocycles. The first-order valence-corrected chi connectivity index (χ1v) is 7.71. The fourth-order valence-corrected chi connectivity index (χ4v) is 2.44. The maximum Gasteiger partial charge on any atom is 0.218 e. The van der Waals surface area contributed by atoms with E-state index < -0.39 is 0 Å². The van der Waals surface area contributed by atoms with Crippen molar-refractivity contribution in [3.8, 4) is 5.75 Å². The average Bonchev–Trinajstić information content (AvgIpc) is 3.07. The lowest BCUT2D eigenvalue weighted by molar-refractivity contribution is 0.306. The maximum absolute atomic E-state index is 6.12. The molecule has 1 aromatic heterocycles.